The third-order valence-electron chi connectivity index (χ3n) is 4.61. The van der Waals surface area contributed by atoms with Crippen LogP contribution in [-0.4, -0.2) is 26.3 Å². The lowest BCUT2D eigenvalue weighted by molar-refractivity contribution is -0.116. The molecule has 0 spiro atoms. The van der Waals surface area contributed by atoms with E-state index >= 15 is 0 Å². The number of benzene rings is 1. The number of thioether (sulfide) groups is 1. The molecule has 0 saturated carbocycles. The van der Waals surface area contributed by atoms with Crippen LogP contribution in [0.1, 0.15) is 30.7 Å². The summed E-state index contributed by atoms with van der Waals surface area (Å²) in [6.07, 6.45) is 4.12. The second-order valence-corrected chi connectivity index (χ2v) is 6.72. The van der Waals surface area contributed by atoms with Crippen LogP contribution in [-0.2, 0) is 4.79 Å². The first-order valence-electron chi connectivity index (χ1n) is 8.08. The molecular weight excluding hydrogens is 336 g/mol. The standard InChI is InChI=1S/C19H20N2O3S/c1-23-15-8-7-11(9-16(15)24-2)17-12(10-20)19(25-3)21-13-5-4-6-14(22)18(13)17/h7-9,17,21H,4-6H2,1-3H3/t17-/m1/s1. The van der Waals surface area contributed by atoms with Crippen molar-refractivity contribution in [2.75, 3.05) is 20.5 Å². The molecule has 1 aromatic rings. The molecule has 1 heterocycles. The van der Waals surface area contributed by atoms with Crippen LogP contribution < -0.4 is 14.8 Å². The number of dihydropyridines is 1. The fourth-order valence-electron chi connectivity index (χ4n) is 3.45. The number of Topliss-reactive ketones (excluding diaryl/α,β-unsaturated/α-hetero) is 1. The molecule has 130 valence electrons. The SMILES string of the molecule is COc1ccc([C@@H]2C(C#N)=C(SC)NC3=C2C(=O)CCC3)cc1OC. The summed E-state index contributed by atoms with van der Waals surface area (Å²) in [5, 5.41) is 13.9. The van der Waals surface area contributed by atoms with Gasteiger partial charge in [-0.25, -0.2) is 0 Å². The van der Waals surface area contributed by atoms with Gasteiger partial charge in [0.15, 0.2) is 17.3 Å². The van der Waals surface area contributed by atoms with Gasteiger partial charge in [-0.2, -0.15) is 5.26 Å². The number of ketones is 1. The molecule has 3 rings (SSSR count). The molecule has 6 heteroatoms. The third kappa shape index (κ3) is 3.00. The van der Waals surface area contributed by atoms with Crippen molar-refractivity contribution in [1.29, 1.82) is 5.26 Å². The minimum Gasteiger partial charge on any atom is -0.493 e. The number of nitrogens with zero attached hydrogens (tertiary/aromatic N) is 1. The maximum atomic E-state index is 12.7. The molecule has 25 heavy (non-hydrogen) atoms. The van der Waals surface area contributed by atoms with E-state index in [2.05, 4.69) is 11.4 Å². The predicted molar refractivity (Wildman–Crippen MR) is 97.5 cm³/mol. The number of hydrogen-bond donors (Lipinski definition) is 1. The van der Waals surface area contributed by atoms with Crippen molar-refractivity contribution >= 4 is 17.5 Å². The zero-order valence-electron chi connectivity index (χ0n) is 14.5. The highest BCUT2D eigenvalue weighted by Gasteiger charge is 2.37. The molecule has 1 aliphatic heterocycles. The second-order valence-electron chi connectivity index (χ2n) is 5.90. The Morgan fingerprint density at radius 2 is 2.00 bits per heavy atom. The highest BCUT2D eigenvalue weighted by Crippen LogP contribution is 2.45. The van der Waals surface area contributed by atoms with Crippen LogP contribution in [0.2, 0.25) is 0 Å². The Hall–Kier alpha value is -2.39. The topological polar surface area (TPSA) is 71.3 Å². The molecule has 0 unspecified atom stereocenters. The first kappa shape index (κ1) is 17.4. The molecule has 0 fully saturated rings. The molecule has 0 aromatic heterocycles. The van der Waals surface area contributed by atoms with Gasteiger partial charge in [0, 0.05) is 17.7 Å². The number of carbonyl (C=O) groups excluding carboxylic acids is 1. The summed E-state index contributed by atoms with van der Waals surface area (Å²) >= 11 is 1.50. The molecule has 2 aliphatic rings. The van der Waals surface area contributed by atoms with Crippen molar-refractivity contribution in [2.24, 2.45) is 0 Å². The number of ether oxygens (including phenoxy) is 2. The van der Waals surface area contributed by atoms with Crippen LogP contribution in [0.25, 0.3) is 0 Å². The van der Waals surface area contributed by atoms with Gasteiger partial charge in [-0.05, 0) is 36.8 Å². The molecule has 1 atom stereocenters. The van der Waals surface area contributed by atoms with E-state index in [1.54, 1.807) is 14.2 Å². The van der Waals surface area contributed by atoms with Crippen LogP contribution in [0.15, 0.2) is 40.1 Å². The number of allylic oxidation sites excluding steroid dienone is 3. The molecular formula is C19H20N2O3S. The number of rotatable bonds is 4. The van der Waals surface area contributed by atoms with Crippen LogP contribution in [0.5, 0.6) is 11.5 Å². The van der Waals surface area contributed by atoms with Gasteiger partial charge >= 0.3 is 0 Å². The molecule has 1 aliphatic carbocycles. The molecule has 1 aromatic carbocycles. The van der Waals surface area contributed by atoms with E-state index in [9.17, 15) is 10.1 Å². The summed E-state index contributed by atoms with van der Waals surface area (Å²) in [7, 11) is 3.16. The molecule has 0 bridgehead atoms. The highest BCUT2D eigenvalue weighted by molar-refractivity contribution is 8.02. The maximum Gasteiger partial charge on any atom is 0.161 e. The smallest absolute Gasteiger partial charge is 0.161 e. The van der Waals surface area contributed by atoms with Gasteiger partial charge in [0.25, 0.3) is 0 Å². The lowest BCUT2D eigenvalue weighted by atomic mass is 9.77. The van der Waals surface area contributed by atoms with E-state index in [0.717, 1.165) is 29.1 Å². The average molecular weight is 356 g/mol. The normalized spacial score (nSPS) is 19.9. The Morgan fingerprint density at radius 1 is 1.24 bits per heavy atom. The predicted octanol–water partition coefficient (Wildman–Crippen LogP) is 3.50. The minimum absolute atomic E-state index is 0.112. The highest BCUT2D eigenvalue weighted by atomic mass is 32.2. The van der Waals surface area contributed by atoms with Gasteiger partial charge in [0.05, 0.1) is 36.8 Å². The minimum atomic E-state index is -0.365. The largest absolute Gasteiger partial charge is 0.493 e. The Morgan fingerprint density at radius 3 is 2.64 bits per heavy atom. The van der Waals surface area contributed by atoms with Gasteiger partial charge < -0.3 is 14.8 Å². The maximum absolute atomic E-state index is 12.7. The Kier molecular flexibility index (Phi) is 5.05. The van der Waals surface area contributed by atoms with Crippen LogP contribution in [0, 0.1) is 11.3 Å². The fraction of sp³-hybridized carbons (Fsp3) is 0.368. The number of hydrogen-bond acceptors (Lipinski definition) is 6. The van der Waals surface area contributed by atoms with Crippen molar-refractivity contribution in [1.82, 2.24) is 5.32 Å². The fourth-order valence-corrected chi connectivity index (χ4v) is 4.06. The summed E-state index contributed by atoms with van der Waals surface area (Å²) in [5.74, 6) is 0.960. The van der Waals surface area contributed by atoms with Crippen molar-refractivity contribution < 1.29 is 14.3 Å². The van der Waals surface area contributed by atoms with Gasteiger partial charge in [0.1, 0.15) is 0 Å². The van der Waals surface area contributed by atoms with Crippen LogP contribution in [0.3, 0.4) is 0 Å². The van der Waals surface area contributed by atoms with Crippen molar-refractivity contribution in [2.45, 2.75) is 25.2 Å². The molecule has 0 saturated heterocycles. The first-order valence-corrected chi connectivity index (χ1v) is 9.30. The van der Waals surface area contributed by atoms with Gasteiger partial charge in [0.2, 0.25) is 0 Å². The zero-order valence-corrected chi connectivity index (χ0v) is 15.3. The van der Waals surface area contributed by atoms with E-state index in [-0.39, 0.29) is 11.7 Å². The summed E-state index contributed by atoms with van der Waals surface area (Å²) in [6, 6.07) is 7.89. The number of nitrogens with one attached hydrogen (secondary N) is 1. The summed E-state index contributed by atoms with van der Waals surface area (Å²) in [4.78, 5) is 12.7. The number of methoxy groups -OCH3 is 2. The lowest BCUT2D eigenvalue weighted by Gasteiger charge is -2.33. The van der Waals surface area contributed by atoms with E-state index in [1.165, 1.54) is 11.8 Å². The molecule has 0 amide bonds. The number of carbonyl (C=O) groups is 1. The Balaban J connectivity index is 2.19. The van der Waals surface area contributed by atoms with Crippen LogP contribution >= 0.6 is 11.8 Å². The average Bonchev–Trinajstić information content (AvgIpc) is 2.66. The monoisotopic (exact) mass is 356 g/mol. The van der Waals surface area contributed by atoms with Crippen LogP contribution in [0.4, 0.5) is 0 Å². The van der Waals surface area contributed by atoms with Crippen molar-refractivity contribution in [3.63, 3.8) is 0 Å². The van der Waals surface area contributed by atoms with Crippen molar-refractivity contribution in [3.05, 3.63) is 45.6 Å². The van der Waals surface area contributed by atoms with Crippen molar-refractivity contribution in [3.8, 4) is 17.6 Å². The van der Waals surface area contributed by atoms with E-state index in [4.69, 9.17) is 9.47 Å². The summed E-state index contributed by atoms with van der Waals surface area (Å²) in [5.41, 5.74) is 3.10. The van der Waals surface area contributed by atoms with Gasteiger partial charge in [-0.15, -0.1) is 11.8 Å². The van der Waals surface area contributed by atoms with Gasteiger partial charge in [-0.3, -0.25) is 4.79 Å². The lowest BCUT2D eigenvalue weighted by Crippen LogP contribution is -2.31. The first-order chi connectivity index (χ1) is 12.1. The Labute approximate surface area is 151 Å². The Bertz CT molecular complexity index is 820. The second kappa shape index (κ2) is 7.24. The quantitative estimate of drug-likeness (QED) is 0.890. The molecule has 5 nitrogen and oxygen atoms in total. The van der Waals surface area contributed by atoms with Gasteiger partial charge in [-0.1, -0.05) is 6.07 Å². The number of nitriles is 1. The zero-order chi connectivity index (χ0) is 18.0. The molecule has 1 N–H and O–H groups in total. The summed E-state index contributed by atoms with van der Waals surface area (Å²) < 4.78 is 10.7. The van der Waals surface area contributed by atoms with E-state index in [1.807, 2.05) is 24.5 Å². The van der Waals surface area contributed by atoms with E-state index in [0.29, 0.717) is 29.1 Å². The summed E-state index contributed by atoms with van der Waals surface area (Å²) in [6.45, 7) is 0. The van der Waals surface area contributed by atoms with E-state index < -0.39 is 0 Å². The third-order valence-corrected chi connectivity index (χ3v) is 5.34. The molecule has 0 radical (unpaired) electrons.